The van der Waals surface area contributed by atoms with Crippen LogP contribution in [0.1, 0.15) is 19.3 Å². The molecule has 4 amide bonds. The van der Waals surface area contributed by atoms with Gasteiger partial charge in [-0.3, -0.25) is 19.2 Å². The largest absolute Gasteiger partial charge is 0.480 e. The fourth-order valence-corrected chi connectivity index (χ4v) is 2.98. The van der Waals surface area contributed by atoms with E-state index in [-0.39, 0.29) is 12.3 Å². The van der Waals surface area contributed by atoms with E-state index in [1.165, 1.54) is 0 Å². The first-order valence-corrected chi connectivity index (χ1v) is 9.15. The van der Waals surface area contributed by atoms with Crippen LogP contribution in [0.2, 0.25) is 0 Å². The molecule has 4 unspecified atom stereocenters. The van der Waals surface area contributed by atoms with Gasteiger partial charge >= 0.3 is 5.97 Å². The normalized spacial score (nSPS) is 19.4. The Labute approximate surface area is 166 Å². The highest BCUT2D eigenvalue weighted by atomic mass is 32.1. The molecule has 0 spiro atoms. The van der Waals surface area contributed by atoms with E-state index in [1.807, 2.05) is 0 Å². The Morgan fingerprint density at radius 3 is 2.32 bits per heavy atom. The van der Waals surface area contributed by atoms with Crippen molar-refractivity contribution in [1.29, 1.82) is 0 Å². The molecule has 4 atom stereocenters. The summed E-state index contributed by atoms with van der Waals surface area (Å²) in [6.07, 6.45) is 0.340. The number of nitrogens with two attached hydrogens (primary N) is 2. The lowest BCUT2D eigenvalue weighted by molar-refractivity contribution is -0.144. The maximum Gasteiger partial charge on any atom is 0.327 e. The number of aliphatic carboxylic acids is 1. The number of nitrogens with zero attached hydrogens (tertiary/aromatic N) is 1. The highest BCUT2D eigenvalue weighted by Gasteiger charge is 2.38. The molecule has 1 aliphatic rings. The number of carboxylic acid groups (broad SMARTS) is 1. The van der Waals surface area contributed by atoms with Crippen LogP contribution in [0.4, 0.5) is 0 Å². The van der Waals surface area contributed by atoms with Crippen LogP contribution in [0.15, 0.2) is 0 Å². The second-order valence-corrected chi connectivity index (χ2v) is 6.66. The van der Waals surface area contributed by atoms with Gasteiger partial charge in [0.1, 0.15) is 18.1 Å². The second-order valence-electron chi connectivity index (χ2n) is 6.29. The first kappa shape index (κ1) is 23.7. The number of likely N-dealkylation sites (tertiary alicyclic amines) is 1. The van der Waals surface area contributed by atoms with Gasteiger partial charge in [0, 0.05) is 12.3 Å². The molecule has 0 aliphatic carbocycles. The van der Waals surface area contributed by atoms with Crippen molar-refractivity contribution in [2.75, 3.05) is 18.9 Å². The van der Waals surface area contributed by atoms with Crippen LogP contribution in [-0.4, -0.2) is 87.8 Å². The minimum atomic E-state index is -1.38. The summed E-state index contributed by atoms with van der Waals surface area (Å²) in [7, 11) is 0. The highest BCUT2D eigenvalue weighted by Crippen LogP contribution is 2.19. The number of rotatable bonds is 10. The summed E-state index contributed by atoms with van der Waals surface area (Å²) in [5, 5.41) is 23.0. The van der Waals surface area contributed by atoms with Crippen molar-refractivity contribution in [3.63, 3.8) is 0 Å². The molecule has 0 saturated carbocycles. The summed E-state index contributed by atoms with van der Waals surface area (Å²) in [6, 6.07) is -4.82. The van der Waals surface area contributed by atoms with Gasteiger partial charge in [-0.05, 0) is 12.8 Å². The first-order valence-electron chi connectivity index (χ1n) is 8.52. The maximum atomic E-state index is 12.7. The number of hydrogen-bond acceptors (Lipinski definition) is 8. The second kappa shape index (κ2) is 10.8. The molecule has 0 bridgehead atoms. The summed E-state index contributed by atoms with van der Waals surface area (Å²) in [4.78, 5) is 60.0. The number of carbonyl (C=O) groups excluding carboxylic acids is 4. The Bertz CT molecular complexity index is 632. The lowest BCUT2D eigenvalue weighted by Gasteiger charge is -2.29. The number of amides is 4. The molecule has 0 radical (unpaired) electrons. The number of aliphatic hydroxyl groups excluding tert-OH is 1. The van der Waals surface area contributed by atoms with Gasteiger partial charge in [-0.15, -0.1) is 0 Å². The number of hydrogen-bond donors (Lipinski definition) is 7. The zero-order valence-corrected chi connectivity index (χ0v) is 15.9. The third-order valence-corrected chi connectivity index (χ3v) is 4.56. The van der Waals surface area contributed by atoms with Crippen molar-refractivity contribution in [3.8, 4) is 0 Å². The summed E-state index contributed by atoms with van der Waals surface area (Å²) in [5.41, 5.74) is 10.5. The van der Waals surface area contributed by atoms with Gasteiger partial charge in [-0.2, -0.15) is 12.6 Å². The molecule has 12 nitrogen and oxygen atoms in total. The van der Waals surface area contributed by atoms with Crippen LogP contribution in [0, 0.1) is 0 Å². The third-order valence-electron chi connectivity index (χ3n) is 4.19. The van der Waals surface area contributed by atoms with Gasteiger partial charge in [0.25, 0.3) is 0 Å². The number of nitrogens with one attached hydrogen (secondary N) is 2. The van der Waals surface area contributed by atoms with Crippen molar-refractivity contribution in [1.82, 2.24) is 15.5 Å². The van der Waals surface area contributed by atoms with E-state index in [4.69, 9.17) is 16.6 Å². The van der Waals surface area contributed by atoms with Gasteiger partial charge in [-0.25, -0.2) is 4.79 Å². The highest BCUT2D eigenvalue weighted by molar-refractivity contribution is 7.80. The Hall–Kier alpha value is -2.38. The Morgan fingerprint density at radius 1 is 1.18 bits per heavy atom. The summed E-state index contributed by atoms with van der Waals surface area (Å²) < 4.78 is 0. The van der Waals surface area contributed by atoms with E-state index in [9.17, 15) is 29.1 Å². The SMILES string of the molecule is NC(=O)CC(N)C(=O)NC(CO)C(=O)N1CCCC1C(=O)NC(CS)C(=O)O. The fraction of sp³-hybridized carbons (Fsp3) is 0.667. The summed E-state index contributed by atoms with van der Waals surface area (Å²) >= 11 is 3.86. The zero-order chi connectivity index (χ0) is 21.4. The average Bonchev–Trinajstić information content (AvgIpc) is 3.12. The molecule has 0 aromatic rings. The molecule has 1 aliphatic heterocycles. The van der Waals surface area contributed by atoms with Crippen LogP contribution in [0.25, 0.3) is 0 Å². The maximum absolute atomic E-state index is 12.7. The summed E-state index contributed by atoms with van der Waals surface area (Å²) in [6.45, 7) is -0.567. The number of thiol groups is 1. The van der Waals surface area contributed by atoms with Crippen LogP contribution < -0.4 is 22.1 Å². The minimum Gasteiger partial charge on any atom is -0.480 e. The van der Waals surface area contributed by atoms with Crippen molar-refractivity contribution in [2.45, 2.75) is 43.4 Å². The van der Waals surface area contributed by atoms with Gasteiger partial charge < -0.3 is 37.2 Å². The fourth-order valence-electron chi connectivity index (χ4n) is 2.73. The average molecular weight is 419 g/mol. The quantitative estimate of drug-likeness (QED) is 0.174. The van der Waals surface area contributed by atoms with E-state index in [0.29, 0.717) is 12.8 Å². The van der Waals surface area contributed by atoms with Crippen LogP contribution in [0.5, 0.6) is 0 Å². The number of carbonyl (C=O) groups is 5. The molecular weight excluding hydrogens is 394 g/mol. The topological polar surface area (TPSA) is 205 Å². The Balaban J connectivity index is 2.80. The molecule has 28 heavy (non-hydrogen) atoms. The molecular formula is C15H25N5O7S. The monoisotopic (exact) mass is 419 g/mol. The molecule has 13 heteroatoms. The Kier molecular flexibility index (Phi) is 9.15. The first-order chi connectivity index (χ1) is 13.1. The zero-order valence-electron chi connectivity index (χ0n) is 15.0. The molecule has 1 rings (SSSR count). The Morgan fingerprint density at radius 2 is 1.82 bits per heavy atom. The van der Waals surface area contributed by atoms with Crippen molar-refractivity contribution < 1.29 is 34.2 Å². The molecule has 0 aromatic carbocycles. The molecule has 1 fully saturated rings. The molecule has 1 heterocycles. The van der Waals surface area contributed by atoms with Crippen LogP contribution in [-0.2, 0) is 24.0 Å². The standard InChI is InChI=1S/C15H25N5O7S/c16-7(4-11(17)22)12(23)18-8(5-21)14(25)20-3-1-2-10(20)13(24)19-9(6-28)15(26)27/h7-10,21,28H,1-6,16H2,(H2,17,22)(H,18,23)(H,19,24)(H,26,27). The minimum absolute atomic E-state index is 0.130. The lowest BCUT2D eigenvalue weighted by Crippen LogP contribution is -2.58. The predicted octanol–water partition coefficient (Wildman–Crippen LogP) is -3.84. The van der Waals surface area contributed by atoms with Crippen molar-refractivity contribution in [3.05, 3.63) is 0 Å². The molecule has 0 aromatic heterocycles. The van der Waals surface area contributed by atoms with E-state index in [2.05, 4.69) is 23.3 Å². The van der Waals surface area contributed by atoms with E-state index < -0.39 is 66.8 Å². The van der Waals surface area contributed by atoms with Gasteiger partial charge in [-0.1, -0.05) is 0 Å². The molecule has 158 valence electrons. The van der Waals surface area contributed by atoms with E-state index in [1.54, 1.807) is 0 Å². The van der Waals surface area contributed by atoms with Gasteiger partial charge in [0.2, 0.25) is 23.6 Å². The van der Waals surface area contributed by atoms with E-state index >= 15 is 0 Å². The molecule has 8 N–H and O–H groups in total. The lowest BCUT2D eigenvalue weighted by atomic mass is 10.1. The van der Waals surface area contributed by atoms with Gasteiger partial charge in [0.15, 0.2) is 0 Å². The van der Waals surface area contributed by atoms with Crippen molar-refractivity contribution in [2.24, 2.45) is 11.5 Å². The predicted molar refractivity (Wildman–Crippen MR) is 99.0 cm³/mol. The van der Waals surface area contributed by atoms with Crippen molar-refractivity contribution >= 4 is 42.2 Å². The number of primary amides is 1. The van der Waals surface area contributed by atoms with Crippen LogP contribution >= 0.6 is 12.6 Å². The van der Waals surface area contributed by atoms with Gasteiger partial charge in [0.05, 0.1) is 19.1 Å². The molecule has 1 saturated heterocycles. The van der Waals surface area contributed by atoms with E-state index in [0.717, 1.165) is 4.90 Å². The smallest absolute Gasteiger partial charge is 0.327 e. The number of carboxylic acids is 1. The summed E-state index contributed by atoms with van der Waals surface area (Å²) in [5.74, 6) is -4.44. The third kappa shape index (κ3) is 6.35. The van der Waals surface area contributed by atoms with Crippen LogP contribution in [0.3, 0.4) is 0 Å². The number of aliphatic hydroxyl groups is 1.